The first-order valence-corrected chi connectivity index (χ1v) is 9.98. The number of nitrogens with zero attached hydrogens (tertiary/aromatic N) is 2. The lowest BCUT2D eigenvalue weighted by Gasteiger charge is -2.39. The molecule has 0 saturated carbocycles. The predicted octanol–water partition coefficient (Wildman–Crippen LogP) is 3.92. The monoisotopic (exact) mass is 392 g/mol. The highest BCUT2D eigenvalue weighted by molar-refractivity contribution is 5.74. The fraction of sp³-hybridized carbons (Fsp3) is 0.375. The zero-order chi connectivity index (χ0) is 20.8. The van der Waals surface area contributed by atoms with Crippen molar-refractivity contribution in [1.29, 1.82) is 0 Å². The molecule has 1 atom stereocenters. The second kappa shape index (κ2) is 6.92. The molecule has 2 heterocycles. The molecular formula is C24H28N2O3. The van der Waals surface area contributed by atoms with Crippen LogP contribution in [0.5, 0.6) is 0 Å². The van der Waals surface area contributed by atoms with Crippen molar-refractivity contribution in [2.24, 2.45) is 0 Å². The van der Waals surface area contributed by atoms with Gasteiger partial charge in [0, 0.05) is 37.4 Å². The van der Waals surface area contributed by atoms with E-state index in [1.165, 1.54) is 5.69 Å². The Kier molecular flexibility index (Phi) is 4.66. The maximum Gasteiger partial charge on any atom is 0.307 e. The highest BCUT2D eigenvalue weighted by atomic mass is 16.5. The molecule has 1 N–H and O–H groups in total. The van der Waals surface area contributed by atoms with E-state index in [0.717, 1.165) is 28.9 Å². The van der Waals surface area contributed by atoms with Crippen LogP contribution in [-0.2, 0) is 21.4 Å². The molecule has 0 bridgehead atoms. The molecule has 0 aromatic heterocycles. The van der Waals surface area contributed by atoms with Gasteiger partial charge in [0.15, 0.2) is 5.72 Å². The number of hydrogen-bond acceptors (Lipinski definition) is 4. The van der Waals surface area contributed by atoms with Crippen molar-refractivity contribution in [2.75, 3.05) is 37.0 Å². The lowest BCUT2D eigenvalue weighted by molar-refractivity contribution is -0.136. The van der Waals surface area contributed by atoms with Crippen molar-refractivity contribution >= 4 is 23.4 Å². The lowest BCUT2D eigenvalue weighted by Crippen LogP contribution is -2.51. The minimum absolute atomic E-state index is 0.0330. The zero-order valence-electron chi connectivity index (χ0n) is 17.5. The second-order valence-electron chi connectivity index (χ2n) is 8.56. The number of carbonyl (C=O) groups is 1. The molecule has 2 aliphatic heterocycles. The van der Waals surface area contributed by atoms with Gasteiger partial charge in [0.05, 0.1) is 13.0 Å². The summed E-state index contributed by atoms with van der Waals surface area (Å²) in [4.78, 5) is 15.6. The molecule has 5 heteroatoms. The minimum atomic E-state index is -0.812. The third-order valence-corrected chi connectivity index (χ3v) is 6.23. The van der Waals surface area contributed by atoms with Gasteiger partial charge in [-0.05, 0) is 41.0 Å². The Balaban J connectivity index is 1.71. The van der Waals surface area contributed by atoms with E-state index in [1.54, 1.807) is 0 Å². The Labute approximate surface area is 172 Å². The fourth-order valence-electron chi connectivity index (χ4n) is 4.59. The van der Waals surface area contributed by atoms with E-state index >= 15 is 0 Å². The summed E-state index contributed by atoms with van der Waals surface area (Å²) in [6.07, 6.45) is 4.33. The van der Waals surface area contributed by atoms with Gasteiger partial charge in [-0.1, -0.05) is 44.2 Å². The molecule has 4 rings (SSSR count). The van der Waals surface area contributed by atoms with Gasteiger partial charge in [0.2, 0.25) is 0 Å². The van der Waals surface area contributed by atoms with Crippen LogP contribution in [0, 0.1) is 0 Å². The van der Waals surface area contributed by atoms with E-state index in [9.17, 15) is 9.90 Å². The molecule has 2 aromatic rings. The molecule has 0 amide bonds. The van der Waals surface area contributed by atoms with Gasteiger partial charge in [-0.3, -0.25) is 4.79 Å². The van der Waals surface area contributed by atoms with Crippen LogP contribution in [0.3, 0.4) is 0 Å². The number of aliphatic carboxylic acids is 1. The Morgan fingerprint density at radius 3 is 2.59 bits per heavy atom. The number of fused-ring (bicyclic) bond motifs is 3. The molecule has 29 heavy (non-hydrogen) atoms. The smallest absolute Gasteiger partial charge is 0.307 e. The van der Waals surface area contributed by atoms with Crippen molar-refractivity contribution in [3.8, 4) is 0 Å². The van der Waals surface area contributed by atoms with Gasteiger partial charge in [0.25, 0.3) is 0 Å². The van der Waals surface area contributed by atoms with Crippen LogP contribution in [-0.4, -0.2) is 44.0 Å². The highest BCUT2D eigenvalue weighted by Crippen LogP contribution is 2.55. The van der Waals surface area contributed by atoms with Gasteiger partial charge in [-0.25, -0.2) is 0 Å². The Bertz CT molecular complexity index is 963. The van der Waals surface area contributed by atoms with E-state index in [0.29, 0.717) is 6.61 Å². The van der Waals surface area contributed by atoms with Gasteiger partial charge in [-0.2, -0.15) is 0 Å². The van der Waals surface area contributed by atoms with Gasteiger partial charge >= 0.3 is 5.97 Å². The van der Waals surface area contributed by atoms with Crippen molar-refractivity contribution < 1.29 is 14.6 Å². The van der Waals surface area contributed by atoms with Crippen molar-refractivity contribution in [1.82, 2.24) is 0 Å². The third kappa shape index (κ3) is 3.10. The number of anilines is 2. The molecule has 2 aliphatic rings. The molecule has 2 aromatic carbocycles. The lowest BCUT2D eigenvalue weighted by atomic mass is 9.76. The van der Waals surface area contributed by atoms with Crippen LogP contribution in [0.25, 0.3) is 6.08 Å². The number of hydrogen-bond donors (Lipinski definition) is 1. The summed E-state index contributed by atoms with van der Waals surface area (Å²) in [5, 5.41) is 9.17. The largest absolute Gasteiger partial charge is 0.481 e. The van der Waals surface area contributed by atoms with Gasteiger partial charge < -0.3 is 19.6 Å². The topological polar surface area (TPSA) is 53.0 Å². The quantitative estimate of drug-likeness (QED) is 0.836. The number of ether oxygens (including phenoxy) is 1. The first-order valence-electron chi connectivity index (χ1n) is 9.98. The van der Waals surface area contributed by atoms with Crippen LogP contribution in [0.2, 0.25) is 0 Å². The molecule has 0 spiro atoms. The number of rotatable bonds is 5. The van der Waals surface area contributed by atoms with E-state index in [-0.39, 0.29) is 11.8 Å². The van der Waals surface area contributed by atoms with E-state index in [1.807, 2.05) is 32.3 Å². The summed E-state index contributed by atoms with van der Waals surface area (Å²) < 4.78 is 6.38. The Morgan fingerprint density at radius 1 is 1.21 bits per heavy atom. The number of benzene rings is 2. The average molecular weight is 392 g/mol. The maximum atomic E-state index is 11.2. The summed E-state index contributed by atoms with van der Waals surface area (Å²) in [6.45, 7) is 5.85. The summed E-state index contributed by atoms with van der Waals surface area (Å²) in [7, 11) is 4.07. The zero-order valence-corrected chi connectivity index (χ0v) is 17.5. The first-order chi connectivity index (χ1) is 13.7. The predicted molar refractivity (Wildman–Crippen MR) is 117 cm³/mol. The van der Waals surface area contributed by atoms with Gasteiger partial charge in [-0.15, -0.1) is 0 Å². The number of carboxylic acid groups (broad SMARTS) is 1. The molecule has 1 fully saturated rings. The summed E-state index contributed by atoms with van der Waals surface area (Å²) in [6, 6.07) is 14.4. The third-order valence-electron chi connectivity index (χ3n) is 6.23. The van der Waals surface area contributed by atoms with Crippen molar-refractivity contribution in [3.05, 3.63) is 65.2 Å². The van der Waals surface area contributed by atoms with E-state index in [4.69, 9.17) is 4.74 Å². The summed E-state index contributed by atoms with van der Waals surface area (Å²) in [5.74, 6) is -0.812. The maximum absolute atomic E-state index is 11.2. The first kappa shape index (κ1) is 19.5. The van der Waals surface area contributed by atoms with Crippen molar-refractivity contribution in [2.45, 2.75) is 31.4 Å². The van der Waals surface area contributed by atoms with Crippen LogP contribution in [0.15, 0.2) is 48.5 Å². The molecule has 1 saturated heterocycles. The summed E-state index contributed by atoms with van der Waals surface area (Å²) in [5.41, 5.74) is 4.50. The standard InChI is InChI=1S/C24H28N2O3/c1-23(2)20-15-18(16-22(27)28)7-10-21(20)26-13-14-29-24(23,26)12-11-17-5-8-19(9-6-17)25(3)4/h5-12,15H,13-14,16H2,1-4H3,(H,27,28). The highest BCUT2D eigenvalue weighted by Gasteiger charge is 2.59. The molecule has 0 radical (unpaired) electrons. The average Bonchev–Trinajstić information content (AvgIpc) is 3.17. The Morgan fingerprint density at radius 2 is 1.93 bits per heavy atom. The Hall–Kier alpha value is -2.79. The minimum Gasteiger partial charge on any atom is -0.481 e. The molecule has 1 unspecified atom stereocenters. The van der Waals surface area contributed by atoms with Crippen LogP contribution in [0.4, 0.5) is 11.4 Å². The van der Waals surface area contributed by atoms with Crippen LogP contribution in [0.1, 0.15) is 30.5 Å². The van der Waals surface area contributed by atoms with Crippen LogP contribution >= 0.6 is 0 Å². The van der Waals surface area contributed by atoms with Crippen LogP contribution < -0.4 is 9.80 Å². The molecule has 0 aliphatic carbocycles. The van der Waals surface area contributed by atoms with E-state index < -0.39 is 11.7 Å². The molecular weight excluding hydrogens is 364 g/mol. The van der Waals surface area contributed by atoms with Gasteiger partial charge in [0.1, 0.15) is 0 Å². The van der Waals surface area contributed by atoms with Crippen molar-refractivity contribution in [3.63, 3.8) is 0 Å². The number of carboxylic acids is 1. The molecule has 5 nitrogen and oxygen atoms in total. The molecule has 152 valence electrons. The second-order valence-corrected chi connectivity index (χ2v) is 8.56. The SMILES string of the molecule is CN(C)c1ccc(C=CC23OCCN2c2ccc(CC(=O)O)cc2C3(C)C)cc1. The van der Waals surface area contributed by atoms with E-state index in [2.05, 4.69) is 60.1 Å². The normalized spacial score (nSPS) is 22.0. The summed E-state index contributed by atoms with van der Waals surface area (Å²) >= 11 is 0. The fourth-order valence-corrected chi connectivity index (χ4v) is 4.59.